The van der Waals surface area contributed by atoms with Gasteiger partial charge in [-0.2, -0.15) is 0 Å². The lowest BCUT2D eigenvalue weighted by molar-refractivity contribution is -0.145. The monoisotopic (exact) mass is 444 g/mol. The summed E-state index contributed by atoms with van der Waals surface area (Å²) in [5.74, 6) is -3.46. The molecule has 6 unspecified atom stereocenters. The molecule has 0 rings (SSSR count). The highest BCUT2D eigenvalue weighted by Crippen LogP contribution is 2.10. The number of carboxylic acid groups (broad SMARTS) is 1. The summed E-state index contributed by atoms with van der Waals surface area (Å²) in [5, 5.41) is 26.4. The maximum absolute atomic E-state index is 12.9. The summed E-state index contributed by atoms with van der Waals surface area (Å²) in [6, 6.07) is -4.23. The molecule has 0 aliphatic carbocycles. The number of hydrogen-bond acceptors (Lipinski definition) is 6. The zero-order valence-electron chi connectivity index (χ0n) is 19.6. The Morgan fingerprint density at radius 3 is 1.74 bits per heavy atom. The first kappa shape index (κ1) is 28.8. The second kappa shape index (κ2) is 13.3. The fourth-order valence-electron chi connectivity index (χ4n) is 2.90. The molecule has 0 saturated heterocycles. The van der Waals surface area contributed by atoms with Crippen molar-refractivity contribution in [3.8, 4) is 0 Å². The fourth-order valence-corrected chi connectivity index (χ4v) is 2.90. The van der Waals surface area contributed by atoms with Gasteiger partial charge in [-0.15, -0.1) is 0 Å². The highest BCUT2D eigenvalue weighted by atomic mass is 16.4. The molecule has 0 aliphatic heterocycles. The SMILES string of the molecule is CCC(C)C(N)C(=O)NC(C(=O)NC(CC(C)C)C(=O)NC(C(=O)O)C(C)O)C(C)C. The van der Waals surface area contributed by atoms with Crippen molar-refractivity contribution in [3.63, 3.8) is 0 Å². The number of aliphatic hydroxyl groups excluding tert-OH is 1. The van der Waals surface area contributed by atoms with Crippen LogP contribution in [-0.2, 0) is 19.2 Å². The molecule has 0 aliphatic rings. The summed E-state index contributed by atoms with van der Waals surface area (Å²) in [4.78, 5) is 49.3. The fraction of sp³-hybridized carbons (Fsp3) is 0.810. The van der Waals surface area contributed by atoms with Gasteiger partial charge in [-0.25, -0.2) is 4.79 Å². The summed E-state index contributed by atoms with van der Waals surface area (Å²) < 4.78 is 0. The molecule has 7 N–H and O–H groups in total. The van der Waals surface area contributed by atoms with E-state index < -0.39 is 54.0 Å². The Labute approximate surface area is 184 Å². The van der Waals surface area contributed by atoms with E-state index in [1.54, 1.807) is 13.8 Å². The third-order valence-corrected chi connectivity index (χ3v) is 5.19. The van der Waals surface area contributed by atoms with Gasteiger partial charge in [0.1, 0.15) is 12.1 Å². The Bertz CT molecular complexity index is 623. The van der Waals surface area contributed by atoms with E-state index in [9.17, 15) is 29.4 Å². The number of aliphatic hydroxyl groups is 1. The van der Waals surface area contributed by atoms with Gasteiger partial charge in [-0.3, -0.25) is 14.4 Å². The quantitative estimate of drug-likeness (QED) is 0.232. The van der Waals surface area contributed by atoms with Gasteiger partial charge in [-0.1, -0.05) is 48.0 Å². The van der Waals surface area contributed by atoms with E-state index >= 15 is 0 Å². The van der Waals surface area contributed by atoms with Crippen LogP contribution < -0.4 is 21.7 Å². The average molecular weight is 445 g/mol. The smallest absolute Gasteiger partial charge is 0.328 e. The van der Waals surface area contributed by atoms with E-state index in [0.29, 0.717) is 6.42 Å². The van der Waals surface area contributed by atoms with Crippen LogP contribution in [0.25, 0.3) is 0 Å². The third-order valence-electron chi connectivity index (χ3n) is 5.19. The Morgan fingerprint density at radius 2 is 1.35 bits per heavy atom. The Kier molecular flexibility index (Phi) is 12.3. The molecule has 0 aromatic carbocycles. The van der Waals surface area contributed by atoms with Gasteiger partial charge < -0.3 is 31.9 Å². The van der Waals surface area contributed by atoms with E-state index in [1.807, 2.05) is 27.7 Å². The number of carbonyl (C=O) groups excluding carboxylic acids is 3. The third kappa shape index (κ3) is 9.65. The maximum Gasteiger partial charge on any atom is 0.328 e. The molecule has 0 radical (unpaired) electrons. The molecule has 31 heavy (non-hydrogen) atoms. The largest absolute Gasteiger partial charge is 0.480 e. The van der Waals surface area contributed by atoms with Crippen molar-refractivity contribution in [1.82, 2.24) is 16.0 Å². The maximum atomic E-state index is 12.9. The summed E-state index contributed by atoms with van der Waals surface area (Å²) in [5.41, 5.74) is 5.96. The van der Waals surface area contributed by atoms with Crippen LogP contribution in [0.15, 0.2) is 0 Å². The second-order valence-electron chi connectivity index (χ2n) is 8.90. The lowest BCUT2D eigenvalue weighted by atomic mass is 9.96. The molecule has 0 saturated carbocycles. The van der Waals surface area contributed by atoms with Crippen LogP contribution >= 0.6 is 0 Å². The van der Waals surface area contributed by atoms with Crippen LogP contribution in [0.1, 0.15) is 61.3 Å². The summed E-state index contributed by atoms with van der Waals surface area (Å²) in [6.45, 7) is 12.2. The second-order valence-corrected chi connectivity index (χ2v) is 8.90. The molecule has 0 aromatic heterocycles. The number of aliphatic carboxylic acids is 1. The van der Waals surface area contributed by atoms with E-state index in [4.69, 9.17) is 5.73 Å². The zero-order chi connectivity index (χ0) is 24.5. The number of hydrogen-bond donors (Lipinski definition) is 6. The highest BCUT2D eigenvalue weighted by Gasteiger charge is 2.33. The van der Waals surface area contributed by atoms with Crippen molar-refractivity contribution in [2.45, 2.75) is 91.6 Å². The molecule has 0 spiro atoms. The number of carboxylic acids is 1. The van der Waals surface area contributed by atoms with Gasteiger partial charge in [0.15, 0.2) is 6.04 Å². The number of rotatable bonds is 13. The van der Waals surface area contributed by atoms with Crippen LogP contribution in [0.3, 0.4) is 0 Å². The Hall–Kier alpha value is -2.20. The van der Waals surface area contributed by atoms with Gasteiger partial charge in [0.25, 0.3) is 0 Å². The van der Waals surface area contributed by atoms with Gasteiger partial charge >= 0.3 is 5.97 Å². The summed E-state index contributed by atoms with van der Waals surface area (Å²) >= 11 is 0. The molecule has 10 nitrogen and oxygen atoms in total. The van der Waals surface area contributed by atoms with Crippen molar-refractivity contribution in [2.24, 2.45) is 23.5 Å². The van der Waals surface area contributed by atoms with Gasteiger partial charge in [-0.05, 0) is 31.1 Å². The van der Waals surface area contributed by atoms with Gasteiger partial charge in [0, 0.05) is 0 Å². The molecule has 6 atom stereocenters. The molecule has 180 valence electrons. The molecular formula is C21H40N4O6. The minimum atomic E-state index is -1.51. The molecule has 0 aromatic rings. The van der Waals surface area contributed by atoms with E-state index in [0.717, 1.165) is 0 Å². The van der Waals surface area contributed by atoms with Crippen LogP contribution in [0, 0.1) is 17.8 Å². The first-order valence-corrected chi connectivity index (χ1v) is 10.8. The van der Waals surface area contributed by atoms with Gasteiger partial charge in [0.05, 0.1) is 12.1 Å². The Morgan fingerprint density at radius 1 is 0.839 bits per heavy atom. The normalized spacial score (nSPS) is 17.3. The van der Waals surface area contributed by atoms with Crippen molar-refractivity contribution < 1.29 is 29.4 Å². The minimum Gasteiger partial charge on any atom is -0.480 e. The molecule has 0 bridgehead atoms. The Balaban J connectivity index is 5.46. The predicted molar refractivity (Wildman–Crippen MR) is 117 cm³/mol. The number of carbonyl (C=O) groups is 4. The summed E-state index contributed by atoms with van der Waals surface area (Å²) in [7, 11) is 0. The summed E-state index contributed by atoms with van der Waals surface area (Å²) in [6.07, 6.45) is -0.367. The van der Waals surface area contributed by atoms with Crippen LogP contribution in [0.2, 0.25) is 0 Å². The lowest BCUT2D eigenvalue weighted by Crippen LogP contribution is -2.59. The lowest BCUT2D eigenvalue weighted by Gasteiger charge is -2.28. The minimum absolute atomic E-state index is 0.0109. The van der Waals surface area contributed by atoms with Crippen LogP contribution in [-0.4, -0.2) is 64.2 Å². The molecule has 0 heterocycles. The van der Waals surface area contributed by atoms with Gasteiger partial charge in [0.2, 0.25) is 17.7 Å². The van der Waals surface area contributed by atoms with Crippen molar-refractivity contribution >= 4 is 23.7 Å². The standard InChI is InChI=1S/C21H40N4O6/c1-8-12(6)15(22)19(28)24-16(11(4)5)20(29)23-14(9-10(2)3)18(27)25-17(13(7)26)21(30)31/h10-17,26H,8-9,22H2,1-7H3,(H,23,29)(H,24,28)(H,25,27)(H,30,31). The molecule has 10 heteroatoms. The number of amides is 3. The average Bonchev–Trinajstić information content (AvgIpc) is 2.66. The van der Waals surface area contributed by atoms with E-state index in [1.165, 1.54) is 6.92 Å². The predicted octanol–water partition coefficient (Wildman–Crippen LogP) is -0.0183. The van der Waals surface area contributed by atoms with Crippen LogP contribution in [0.4, 0.5) is 0 Å². The van der Waals surface area contributed by atoms with Crippen LogP contribution in [0.5, 0.6) is 0 Å². The highest BCUT2D eigenvalue weighted by molar-refractivity contribution is 5.94. The zero-order valence-corrected chi connectivity index (χ0v) is 19.6. The van der Waals surface area contributed by atoms with E-state index in [-0.39, 0.29) is 24.2 Å². The first-order valence-electron chi connectivity index (χ1n) is 10.8. The molecular weight excluding hydrogens is 404 g/mol. The number of nitrogens with two attached hydrogens (primary N) is 1. The number of nitrogens with one attached hydrogen (secondary N) is 3. The van der Waals surface area contributed by atoms with Crippen molar-refractivity contribution in [2.75, 3.05) is 0 Å². The topological polar surface area (TPSA) is 171 Å². The van der Waals surface area contributed by atoms with Crippen molar-refractivity contribution in [3.05, 3.63) is 0 Å². The van der Waals surface area contributed by atoms with E-state index in [2.05, 4.69) is 16.0 Å². The molecule has 3 amide bonds. The molecule has 0 fully saturated rings. The van der Waals surface area contributed by atoms with Crippen molar-refractivity contribution in [1.29, 1.82) is 0 Å². The first-order chi connectivity index (χ1) is 14.2.